The lowest BCUT2D eigenvalue weighted by atomic mass is 9.69. The van der Waals surface area contributed by atoms with Crippen LogP contribution in [0.1, 0.15) is 69.9 Å². The van der Waals surface area contributed by atoms with Gasteiger partial charge in [0, 0.05) is 16.7 Å². The summed E-state index contributed by atoms with van der Waals surface area (Å²) in [5, 5.41) is 0. The summed E-state index contributed by atoms with van der Waals surface area (Å²) in [5.74, 6) is -0.555. The van der Waals surface area contributed by atoms with Crippen molar-refractivity contribution in [2.45, 2.75) is 52.1 Å². The van der Waals surface area contributed by atoms with Gasteiger partial charge in [-0.3, -0.25) is 13.8 Å². The van der Waals surface area contributed by atoms with Gasteiger partial charge in [0.25, 0.3) is 10.1 Å². The molecule has 1 aromatic carbocycles. The summed E-state index contributed by atoms with van der Waals surface area (Å²) >= 11 is 0. The molecule has 0 unspecified atom stereocenters. The third-order valence-electron chi connectivity index (χ3n) is 5.83. The lowest BCUT2D eigenvalue weighted by Crippen LogP contribution is -2.29. The van der Waals surface area contributed by atoms with Crippen LogP contribution < -0.4 is 0 Å². The minimum absolute atomic E-state index is 0.0558. The third kappa shape index (κ3) is 2.84. The van der Waals surface area contributed by atoms with Crippen LogP contribution in [0.2, 0.25) is 0 Å². The molecule has 0 N–H and O–H groups in total. The Morgan fingerprint density at radius 3 is 2.50 bits per heavy atom. The fraction of sp³-hybridized carbons (Fsp3) is 0.429. The monoisotopic (exact) mass is 402 g/mol. The zero-order chi connectivity index (χ0) is 20.4. The van der Waals surface area contributed by atoms with E-state index in [-0.39, 0.29) is 23.3 Å². The van der Waals surface area contributed by atoms with Crippen molar-refractivity contribution in [2.24, 2.45) is 0 Å². The maximum atomic E-state index is 13.0. The van der Waals surface area contributed by atoms with E-state index in [0.717, 1.165) is 36.6 Å². The van der Waals surface area contributed by atoms with E-state index < -0.39 is 21.7 Å². The molecule has 2 aromatic rings. The van der Waals surface area contributed by atoms with Crippen LogP contribution in [0.5, 0.6) is 0 Å². The smallest absolute Gasteiger partial charge is 0.264 e. The van der Waals surface area contributed by atoms with Gasteiger partial charge in [-0.2, -0.15) is 8.42 Å². The predicted molar refractivity (Wildman–Crippen MR) is 103 cm³/mol. The molecule has 28 heavy (non-hydrogen) atoms. The second-order valence-corrected chi connectivity index (χ2v) is 9.87. The van der Waals surface area contributed by atoms with Crippen molar-refractivity contribution in [1.29, 1.82) is 0 Å². The fourth-order valence-corrected chi connectivity index (χ4v) is 4.70. The lowest BCUT2D eigenvalue weighted by Gasteiger charge is -2.34. The Morgan fingerprint density at radius 1 is 1.14 bits per heavy atom. The molecule has 0 saturated heterocycles. The Morgan fingerprint density at radius 2 is 1.82 bits per heavy atom. The Kier molecular flexibility index (Phi) is 4.17. The first-order valence-corrected chi connectivity index (χ1v) is 11.1. The van der Waals surface area contributed by atoms with Crippen molar-refractivity contribution in [3.05, 3.63) is 45.7 Å². The standard InChI is InChI=1S/C21H22O6S/c1-11-15(10-26-28(4,24)25)27-20-13-7-8-14-12(6-5-9-21(14,2)3)17(13)19(23)18(22)16(11)20/h7-8H,5-6,9-10H2,1-4H3. The minimum Gasteiger partial charge on any atom is -0.457 e. The first-order chi connectivity index (χ1) is 13.0. The Balaban J connectivity index is 1.91. The number of ketones is 2. The molecule has 148 valence electrons. The summed E-state index contributed by atoms with van der Waals surface area (Å²) in [5.41, 5.74) is 3.67. The third-order valence-corrected chi connectivity index (χ3v) is 6.37. The SMILES string of the molecule is Cc1c(COS(C)(=O)=O)oc2c1C(=O)C(=O)c1c-2ccc2c1CCCC2(C)C. The molecule has 0 aliphatic heterocycles. The number of fused-ring (bicyclic) bond motifs is 5. The highest BCUT2D eigenvalue weighted by molar-refractivity contribution is 7.85. The largest absolute Gasteiger partial charge is 0.457 e. The van der Waals surface area contributed by atoms with Gasteiger partial charge in [-0.25, -0.2) is 0 Å². The van der Waals surface area contributed by atoms with Gasteiger partial charge in [0.15, 0.2) is 0 Å². The highest BCUT2D eigenvalue weighted by atomic mass is 32.2. The number of furan rings is 1. The van der Waals surface area contributed by atoms with Crippen LogP contribution >= 0.6 is 0 Å². The summed E-state index contributed by atoms with van der Waals surface area (Å²) < 4.78 is 33.3. The van der Waals surface area contributed by atoms with Crippen LogP contribution in [0.3, 0.4) is 0 Å². The van der Waals surface area contributed by atoms with Gasteiger partial charge in [-0.15, -0.1) is 0 Å². The van der Waals surface area contributed by atoms with Gasteiger partial charge in [0.2, 0.25) is 11.6 Å². The van der Waals surface area contributed by atoms with Gasteiger partial charge in [-0.05, 0) is 42.7 Å². The highest BCUT2D eigenvalue weighted by Crippen LogP contribution is 2.45. The number of carbonyl (C=O) groups is 2. The molecule has 6 nitrogen and oxygen atoms in total. The molecule has 2 aliphatic carbocycles. The van der Waals surface area contributed by atoms with Crippen molar-refractivity contribution < 1.29 is 26.6 Å². The molecule has 0 saturated carbocycles. The van der Waals surface area contributed by atoms with Crippen LogP contribution in [0.15, 0.2) is 16.5 Å². The van der Waals surface area contributed by atoms with E-state index in [9.17, 15) is 18.0 Å². The van der Waals surface area contributed by atoms with Crippen LogP contribution in [-0.4, -0.2) is 26.2 Å². The summed E-state index contributed by atoms with van der Waals surface area (Å²) in [6.45, 7) is 5.62. The molecule has 0 spiro atoms. The maximum Gasteiger partial charge on any atom is 0.264 e. The summed E-state index contributed by atoms with van der Waals surface area (Å²) in [6.07, 6.45) is 3.68. The fourth-order valence-electron chi connectivity index (χ4n) is 4.38. The molecular formula is C21H22O6S. The zero-order valence-corrected chi connectivity index (χ0v) is 17.2. The second-order valence-electron chi connectivity index (χ2n) is 8.23. The van der Waals surface area contributed by atoms with E-state index in [1.807, 2.05) is 12.1 Å². The average Bonchev–Trinajstić information content (AvgIpc) is 2.93. The minimum atomic E-state index is -3.66. The quantitative estimate of drug-likeness (QED) is 0.574. The van der Waals surface area contributed by atoms with Gasteiger partial charge in [0.1, 0.15) is 18.1 Å². The van der Waals surface area contributed by atoms with Crippen molar-refractivity contribution in [3.63, 3.8) is 0 Å². The topological polar surface area (TPSA) is 90.7 Å². The summed E-state index contributed by atoms with van der Waals surface area (Å²) in [4.78, 5) is 25.9. The second kappa shape index (κ2) is 6.12. The molecule has 1 heterocycles. The summed E-state index contributed by atoms with van der Waals surface area (Å²) in [6, 6.07) is 3.86. The first kappa shape index (κ1) is 19.1. The molecule has 0 bridgehead atoms. The highest BCUT2D eigenvalue weighted by Gasteiger charge is 2.40. The first-order valence-electron chi connectivity index (χ1n) is 9.23. The van der Waals surface area contributed by atoms with Crippen LogP contribution in [0, 0.1) is 6.92 Å². The molecule has 2 aliphatic rings. The van der Waals surface area contributed by atoms with Crippen molar-refractivity contribution in [3.8, 4) is 11.3 Å². The molecule has 1 aromatic heterocycles. The average molecular weight is 402 g/mol. The molecule has 0 atom stereocenters. The van der Waals surface area contributed by atoms with Crippen LogP contribution in [0.4, 0.5) is 0 Å². The number of hydrogen-bond donors (Lipinski definition) is 0. The van der Waals surface area contributed by atoms with Gasteiger partial charge in [-0.1, -0.05) is 26.0 Å². The molecule has 0 amide bonds. The Labute approximate surface area is 164 Å². The van der Waals surface area contributed by atoms with E-state index >= 15 is 0 Å². The molecule has 7 heteroatoms. The van der Waals surface area contributed by atoms with E-state index in [2.05, 4.69) is 13.8 Å². The molecule has 0 fully saturated rings. The summed E-state index contributed by atoms with van der Waals surface area (Å²) in [7, 11) is -3.66. The maximum absolute atomic E-state index is 13.0. The van der Waals surface area contributed by atoms with Crippen molar-refractivity contribution >= 4 is 21.7 Å². The number of hydrogen-bond acceptors (Lipinski definition) is 6. The van der Waals surface area contributed by atoms with Gasteiger partial charge >= 0.3 is 0 Å². The van der Waals surface area contributed by atoms with Gasteiger partial charge < -0.3 is 4.42 Å². The molecule has 0 radical (unpaired) electrons. The Bertz CT molecular complexity index is 1130. The normalized spacial score (nSPS) is 17.9. The number of benzene rings is 1. The molecular weight excluding hydrogens is 380 g/mol. The van der Waals surface area contributed by atoms with E-state index in [4.69, 9.17) is 8.60 Å². The van der Waals surface area contributed by atoms with Crippen LogP contribution in [-0.2, 0) is 32.7 Å². The van der Waals surface area contributed by atoms with Crippen LogP contribution in [0.25, 0.3) is 11.3 Å². The zero-order valence-electron chi connectivity index (χ0n) is 16.3. The number of rotatable bonds is 3. The van der Waals surface area contributed by atoms with Crippen molar-refractivity contribution in [2.75, 3.05) is 6.26 Å². The van der Waals surface area contributed by atoms with E-state index in [0.29, 0.717) is 22.5 Å². The lowest BCUT2D eigenvalue weighted by molar-refractivity contribution is 0.0813. The number of Topliss-reactive ketones (excluding diaryl/α,β-unsaturated/α-hetero) is 2. The van der Waals surface area contributed by atoms with Crippen molar-refractivity contribution in [1.82, 2.24) is 0 Å². The van der Waals surface area contributed by atoms with E-state index in [1.165, 1.54) is 0 Å². The Hall–Kier alpha value is -2.25. The number of carbonyl (C=O) groups excluding carboxylic acids is 2. The van der Waals surface area contributed by atoms with Gasteiger partial charge in [0.05, 0.1) is 11.8 Å². The predicted octanol–water partition coefficient (Wildman–Crippen LogP) is 3.72. The molecule has 4 rings (SSSR count). The van der Waals surface area contributed by atoms with E-state index in [1.54, 1.807) is 6.92 Å².